The average Bonchev–Trinajstić information content (AvgIpc) is 3.18. The van der Waals surface area contributed by atoms with Crippen molar-refractivity contribution in [1.82, 2.24) is 25.8 Å². The maximum atomic E-state index is 14.1. The van der Waals surface area contributed by atoms with Gasteiger partial charge in [0.2, 0.25) is 23.6 Å². The van der Waals surface area contributed by atoms with E-state index in [9.17, 15) is 24.0 Å². The Kier molecular flexibility index (Phi) is 14.2. The molecule has 12 heteroatoms. The molecule has 1 aliphatic rings. The van der Waals surface area contributed by atoms with E-state index in [2.05, 4.69) is 16.0 Å². The number of nitrogens with zero attached hydrogens (tertiary/aromatic N) is 2. The molecule has 4 aromatic carbocycles. The zero-order valence-electron chi connectivity index (χ0n) is 30.7. The monoisotopic (exact) mass is 733 g/mol. The van der Waals surface area contributed by atoms with E-state index in [1.54, 1.807) is 31.4 Å². The Morgan fingerprint density at radius 2 is 1.50 bits per heavy atom. The third-order valence-electron chi connectivity index (χ3n) is 9.04. The zero-order chi connectivity index (χ0) is 38.3. The van der Waals surface area contributed by atoms with E-state index in [0.717, 1.165) is 22.4 Å². The second kappa shape index (κ2) is 19.6. The minimum absolute atomic E-state index is 0.0170. The van der Waals surface area contributed by atoms with Crippen molar-refractivity contribution in [2.75, 3.05) is 40.4 Å². The molecule has 12 nitrogen and oxygen atoms in total. The van der Waals surface area contributed by atoms with Gasteiger partial charge >= 0.3 is 0 Å². The van der Waals surface area contributed by atoms with Gasteiger partial charge in [0.05, 0.1) is 31.7 Å². The van der Waals surface area contributed by atoms with Crippen molar-refractivity contribution in [3.63, 3.8) is 0 Å². The second-order valence-corrected chi connectivity index (χ2v) is 13.2. The number of fused-ring (bicyclic) bond motifs is 1. The van der Waals surface area contributed by atoms with Gasteiger partial charge in [-0.3, -0.25) is 24.0 Å². The number of para-hydroxylation sites is 1. The summed E-state index contributed by atoms with van der Waals surface area (Å²) in [6, 6.07) is 31.2. The fourth-order valence-corrected chi connectivity index (χ4v) is 6.12. The minimum atomic E-state index is -1.27. The topological polar surface area (TPSA) is 146 Å². The van der Waals surface area contributed by atoms with Gasteiger partial charge in [-0.25, -0.2) is 0 Å². The van der Waals surface area contributed by atoms with E-state index in [0.29, 0.717) is 19.3 Å². The number of ether oxygens (including phenoxy) is 2. The van der Waals surface area contributed by atoms with Crippen molar-refractivity contribution in [1.29, 1.82) is 0 Å². The number of carbonyl (C=O) groups excluding carboxylic acids is 5. The molecule has 0 spiro atoms. The van der Waals surface area contributed by atoms with Gasteiger partial charge < -0.3 is 35.2 Å². The molecule has 282 valence electrons. The second-order valence-electron chi connectivity index (χ2n) is 13.2. The SMILES string of the molecule is COc1cccc(CCCNC(=O)[C@@H]2CC(=O)N(Cc3ccccc3)CC(=O)N(C)CC(=O)N[C@H](Cc3ccccc3)COc3ccccc3C(=O)N2)c1. The number of likely N-dealkylation sites (N-methyl/N-ethyl adjacent to an activating group) is 1. The Bertz CT molecular complexity index is 1890. The number of methoxy groups -OCH3 is 1. The summed E-state index contributed by atoms with van der Waals surface area (Å²) >= 11 is 0. The minimum Gasteiger partial charge on any atom is -0.497 e. The molecule has 5 amide bonds. The van der Waals surface area contributed by atoms with Crippen molar-refractivity contribution in [3.8, 4) is 11.5 Å². The van der Waals surface area contributed by atoms with Gasteiger partial charge in [-0.1, -0.05) is 84.9 Å². The summed E-state index contributed by atoms with van der Waals surface area (Å²) in [7, 11) is 3.11. The summed E-state index contributed by atoms with van der Waals surface area (Å²) < 4.78 is 11.5. The Morgan fingerprint density at radius 1 is 0.815 bits per heavy atom. The zero-order valence-corrected chi connectivity index (χ0v) is 30.7. The van der Waals surface area contributed by atoms with Crippen LogP contribution in [0.5, 0.6) is 11.5 Å². The van der Waals surface area contributed by atoms with Gasteiger partial charge in [-0.2, -0.15) is 0 Å². The van der Waals surface area contributed by atoms with E-state index in [4.69, 9.17) is 9.47 Å². The first-order chi connectivity index (χ1) is 26.2. The van der Waals surface area contributed by atoms with E-state index in [-0.39, 0.29) is 44.1 Å². The fourth-order valence-electron chi connectivity index (χ4n) is 6.12. The third kappa shape index (κ3) is 11.7. The lowest BCUT2D eigenvalue weighted by Gasteiger charge is -2.27. The largest absolute Gasteiger partial charge is 0.497 e. The highest BCUT2D eigenvalue weighted by Crippen LogP contribution is 2.20. The number of rotatable bonds is 10. The molecular weight excluding hydrogens is 686 g/mol. The predicted octanol–water partition coefficient (Wildman–Crippen LogP) is 3.54. The fraction of sp³-hybridized carbons (Fsp3) is 0.310. The molecule has 1 heterocycles. The van der Waals surface area contributed by atoms with Crippen LogP contribution in [-0.2, 0) is 38.6 Å². The van der Waals surface area contributed by atoms with Crippen molar-refractivity contribution in [3.05, 3.63) is 131 Å². The van der Waals surface area contributed by atoms with E-state index < -0.39 is 48.0 Å². The number of benzene rings is 4. The Balaban J connectivity index is 1.41. The van der Waals surface area contributed by atoms with Crippen molar-refractivity contribution in [2.45, 2.75) is 44.3 Å². The highest BCUT2D eigenvalue weighted by molar-refractivity contribution is 6.01. The van der Waals surface area contributed by atoms with Crippen molar-refractivity contribution in [2.24, 2.45) is 0 Å². The molecule has 4 aromatic rings. The molecule has 0 unspecified atom stereocenters. The standard InChI is InChI=1S/C42H47N5O7/c1-46-27-38(48)44-33(23-30-13-5-3-6-14-30)29-54-37-21-10-9-20-35(37)41(51)45-36(42(52)43-22-12-18-31-17-11-19-34(24-31)53-2)25-39(49)47(28-40(46)50)26-32-15-7-4-8-16-32/h3-11,13-17,19-21,24,33,36H,12,18,22-23,25-29H2,1-2H3,(H,43,52)(H,44,48)(H,45,51)/t33-,36+/m1/s1. The number of amides is 5. The molecule has 5 rings (SSSR count). The van der Waals surface area contributed by atoms with Gasteiger partial charge in [0.1, 0.15) is 30.7 Å². The van der Waals surface area contributed by atoms with Crippen LogP contribution in [0.3, 0.4) is 0 Å². The van der Waals surface area contributed by atoms with Crippen LogP contribution in [0.4, 0.5) is 0 Å². The summed E-state index contributed by atoms with van der Waals surface area (Å²) in [6.45, 7) is -0.223. The van der Waals surface area contributed by atoms with Crippen molar-refractivity contribution < 1.29 is 33.4 Å². The van der Waals surface area contributed by atoms with Gasteiger partial charge in [-0.15, -0.1) is 0 Å². The highest BCUT2D eigenvalue weighted by Gasteiger charge is 2.30. The van der Waals surface area contributed by atoms with Gasteiger partial charge in [0, 0.05) is 20.1 Å². The van der Waals surface area contributed by atoms with Crippen LogP contribution in [0.1, 0.15) is 39.9 Å². The molecule has 0 saturated carbocycles. The highest BCUT2D eigenvalue weighted by atomic mass is 16.5. The summed E-state index contributed by atoms with van der Waals surface area (Å²) in [5.41, 5.74) is 2.92. The smallest absolute Gasteiger partial charge is 0.255 e. The molecule has 2 atom stereocenters. The third-order valence-corrected chi connectivity index (χ3v) is 9.04. The lowest BCUT2D eigenvalue weighted by Crippen LogP contribution is -2.51. The summed E-state index contributed by atoms with van der Waals surface area (Å²) in [5, 5.41) is 8.63. The van der Waals surface area contributed by atoms with Crippen LogP contribution in [0, 0.1) is 0 Å². The van der Waals surface area contributed by atoms with Crippen molar-refractivity contribution >= 4 is 29.5 Å². The summed E-state index contributed by atoms with van der Waals surface area (Å²) in [4.78, 5) is 71.2. The molecule has 54 heavy (non-hydrogen) atoms. The van der Waals surface area contributed by atoms with Crippen LogP contribution < -0.4 is 25.4 Å². The number of carbonyl (C=O) groups is 5. The van der Waals surface area contributed by atoms with E-state index in [1.807, 2.05) is 84.9 Å². The molecule has 0 bridgehead atoms. The first kappa shape index (κ1) is 39.0. The molecule has 0 aromatic heterocycles. The predicted molar refractivity (Wildman–Crippen MR) is 204 cm³/mol. The number of aryl methyl sites for hydroxylation is 1. The van der Waals surface area contributed by atoms with E-state index in [1.165, 1.54) is 16.8 Å². The maximum Gasteiger partial charge on any atom is 0.255 e. The van der Waals surface area contributed by atoms with E-state index >= 15 is 0 Å². The molecule has 0 saturated heterocycles. The quantitative estimate of drug-likeness (QED) is 0.212. The molecule has 0 fully saturated rings. The maximum absolute atomic E-state index is 14.1. The Hall–Kier alpha value is -6.17. The number of hydrogen-bond donors (Lipinski definition) is 3. The normalized spacial score (nSPS) is 17.4. The van der Waals surface area contributed by atoms with Crippen LogP contribution >= 0.6 is 0 Å². The van der Waals surface area contributed by atoms with Crippen LogP contribution in [0.2, 0.25) is 0 Å². The van der Waals surface area contributed by atoms with Crippen LogP contribution in [0.15, 0.2) is 109 Å². The van der Waals surface area contributed by atoms with Gasteiger partial charge in [0.25, 0.3) is 5.91 Å². The molecule has 1 aliphatic heterocycles. The molecule has 0 aliphatic carbocycles. The first-order valence-corrected chi connectivity index (χ1v) is 18.0. The van der Waals surface area contributed by atoms with Gasteiger partial charge in [-0.05, 0) is 60.2 Å². The van der Waals surface area contributed by atoms with Crippen LogP contribution in [0.25, 0.3) is 0 Å². The Labute approximate surface area is 315 Å². The summed E-state index contributed by atoms with van der Waals surface area (Å²) in [6.07, 6.45) is 1.28. The lowest BCUT2D eigenvalue weighted by molar-refractivity contribution is -0.142. The number of hydrogen-bond acceptors (Lipinski definition) is 7. The molecule has 3 N–H and O–H groups in total. The van der Waals surface area contributed by atoms with Gasteiger partial charge in [0.15, 0.2) is 0 Å². The van der Waals surface area contributed by atoms with Crippen LogP contribution in [-0.4, -0.2) is 91.8 Å². The lowest BCUT2D eigenvalue weighted by atomic mass is 10.1. The summed E-state index contributed by atoms with van der Waals surface area (Å²) in [5.74, 6) is -1.58. The molecule has 0 radical (unpaired) electrons. The number of nitrogens with one attached hydrogen (secondary N) is 3. The first-order valence-electron chi connectivity index (χ1n) is 18.0. The molecular formula is C42H47N5O7. The average molecular weight is 734 g/mol. The Morgan fingerprint density at radius 3 is 2.24 bits per heavy atom.